The van der Waals surface area contributed by atoms with Gasteiger partial charge in [-0.05, 0) is 6.92 Å². The van der Waals surface area contributed by atoms with E-state index in [1.54, 1.807) is 6.92 Å². The van der Waals surface area contributed by atoms with E-state index in [4.69, 9.17) is 10.5 Å². The molecule has 1 rings (SSSR count). The molecule has 0 bridgehead atoms. The highest BCUT2D eigenvalue weighted by atomic mass is 32.1. The van der Waals surface area contributed by atoms with Crippen molar-refractivity contribution in [3.05, 3.63) is 0 Å². The molecule has 1 aliphatic rings. The monoisotopic (exact) mass is 179 g/mol. The van der Waals surface area contributed by atoms with E-state index >= 15 is 0 Å². The van der Waals surface area contributed by atoms with Gasteiger partial charge in [-0.3, -0.25) is 0 Å². The Labute approximate surface area is 70.8 Å². The molecule has 1 saturated heterocycles. The Balaban J connectivity index is 2.62. The number of thiol groups is 1. The highest BCUT2D eigenvalue weighted by Gasteiger charge is 2.39. The Hall–Kier alpha value is 0.190. The normalized spacial score (nSPS) is 52.6. The van der Waals surface area contributed by atoms with Crippen LogP contribution in [0.3, 0.4) is 0 Å². The van der Waals surface area contributed by atoms with Crippen molar-refractivity contribution in [3.8, 4) is 0 Å². The van der Waals surface area contributed by atoms with Gasteiger partial charge in [-0.2, -0.15) is 0 Å². The maximum absolute atomic E-state index is 9.28. The van der Waals surface area contributed by atoms with Crippen LogP contribution in [0.2, 0.25) is 0 Å². The highest BCUT2D eigenvalue weighted by Crippen LogP contribution is 2.28. The Morgan fingerprint density at radius 1 is 1.73 bits per heavy atom. The minimum Gasteiger partial charge on any atom is -0.389 e. The van der Waals surface area contributed by atoms with Crippen molar-refractivity contribution in [2.45, 2.75) is 36.7 Å². The molecule has 0 amide bonds. The first kappa shape index (κ1) is 9.28. The molecule has 4 nitrogen and oxygen atoms in total. The summed E-state index contributed by atoms with van der Waals surface area (Å²) in [6.45, 7) is 1.64. The second-order valence-electron chi connectivity index (χ2n) is 2.92. The van der Waals surface area contributed by atoms with Gasteiger partial charge in [-0.1, -0.05) is 0 Å². The molecule has 0 aromatic carbocycles. The smallest absolute Gasteiger partial charge is 0.214 e. The summed E-state index contributed by atoms with van der Waals surface area (Å²) in [6, 6.07) is -0.471. The van der Waals surface area contributed by atoms with Crippen LogP contribution in [-0.4, -0.2) is 33.6 Å². The quantitative estimate of drug-likeness (QED) is 0.286. The molecule has 4 atom stereocenters. The summed E-state index contributed by atoms with van der Waals surface area (Å²) in [7, 11) is 0. The maximum Gasteiger partial charge on any atom is 0.214 e. The van der Waals surface area contributed by atoms with Crippen molar-refractivity contribution in [1.82, 2.24) is 0 Å². The van der Waals surface area contributed by atoms with Crippen molar-refractivity contribution < 1.29 is 14.9 Å². The van der Waals surface area contributed by atoms with Crippen LogP contribution in [0.5, 0.6) is 0 Å². The largest absolute Gasteiger partial charge is 0.389 e. The van der Waals surface area contributed by atoms with Crippen molar-refractivity contribution in [2.24, 2.45) is 5.73 Å². The van der Waals surface area contributed by atoms with E-state index in [0.717, 1.165) is 0 Å². The summed E-state index contributed by atoms with van der Waals surface area (Å²) in [6.07, 6.45) is -1.05. The number of aliphatic hydroxyl groups excluding tert-OH is 1. The first-order valence-electron chi connectivity index (χ1n) is 3.48. The molecule has 1 aliphatic heterocycles. The molecule has 66 valence electrons. The van der Waals surface area contributed by atoms with Gasteiger partial charge in [0.05, 0.1) is 12.2 Å². The fourth-order valence-corrected chi connectivity index (χ4v) is 1.57. The second-order valence-corrected chi connectivity index (χ2v) is 3.62. The van der Waals surface area contributed by atoms with E-state index in [-0.39, 0.29) is 6.42 Å². The molecule has 1 unspecified atom stereocenters. The lowest BCUT2D eigenvalue weighted by Crippen LogP contribution is -2.54. The molecule has 1 heterocycles. The van der Waals surface area contributed by atoms with E-state index in [2.05, 4.69) is 12.6 Å². The highest BCUT2D eigenvalue weighted by molar-refractivity contribution is 7.81. The van der Waals surface area contributed by atoms with Crippen LogP contribution in [0, 0.1) is 0 Å². The summed E-state index contributed by atoms with van der Waals surface area (Å²) in [5.74, 6) is 0. The third-order valence-electron chi connectivity index (χ3n) is 1.80. The Morgan fingerprint density at radius 3 is 2.73 bits per heavy atom. The molecule has 0 aliphatic carbocycles. The van der Waals surface area contributed by atoms with E-state index in [1.807, 2.05) is 0 Å². The zero-order valence-corrected chi connectivity index (χ0v) is 7.16. The van der Waals surface area contributed by atoms with Gasteiger partial charge in [0.2, 0.25) is 5.12 Å². The lowest BCUT2D eigenvalue weighted by molar-refractivity contribution is -0.220. The third-order valence-corrected chi connectivity index (χ3v) is 2.08. The molecular formula is C6H13NO3S. The topological polar surface area (TPSA) is 75.7 Å². The lowest BCUT2D eigenvalue weighted by Gasteiger charge is -2.38. The maximum atomic E-state index is 9.28. The molecule has 11 heavy (non-hydrogen) atoms. The fourth-order valence-electron chi connectivity index (χ4n) is 1.19. The lowest BCUT2D eigenvalue weighted by atomic mass is 10.0. The molecular weight excluding hydrogens is 166 g/mol. The van der Waals surface area contributed by atoms with Gasteiger partial charge < -0.3 is 20.7 Å². The average molecular weight is 179 g/mol. The van der Waals surface area contributed by atoms with E-state index < -0.39 is 23.4 Å². The summed E-state index contributed by atoms with van der Waals surface area (Å²) >= 11 is 3.82. The molecule has 0 spiro atoms. The number of hydrogen-bond donors (Lipinski definition) is 4. The van der Waals surface area contributed by atoms with Crippen LogP contribution in [0.1, 0.15) is 13.3 Å². The summed E-state index contributed by atoms with van der Waals surface area (Å²) < 4.78 is 4.95. The first-order chi connectivity index (χ1) is 4.92. The van der Waals surface area contributed by atoms with Crippen LogP contribution >= 0.6 is 12.6 Å². The predicted octanol–water partition coefficient (Wildman–Crippen LogP) is -0.941. The molecule has 0 saturated carbocycles. The number of ether oxygens (including phenoxy) is 1. The first-order valence-corrected chi connectivity index (χ1v) is 3.93. The number of rotatable bonds is 0. The summed E-state index contributed by atoms with van der Waals surface area (Å²) in [5, 5.41) is 17.1. The Morgan fingerprint density at radius 2 is 2.27 bits per heavy atom. The molecule has 0 radical (unpaired) electrons. The zero-order valence-electron chi connectivity index (χ0n) is 6.27. The van der Waals surface area contributed by atoms with Gasteiger partial charge in [0.15, 0.2) is 0 Å². The van der Waals surface area contributed by atoms with Crippen LogP contribution in [0.4, 0.5) is 0 Å². The average Bonchev–Trinajstić information content (AvgIpc) is 1.81. The number of hydrogen-bond acceptors (Lipinski definition) is 5. The van der Waals surface area contributed by atoms with E-state index in [9.17, 15) is 10.2 Å². The van der Waals surface area contributed by atoms with Crippen molar-refractivity contribution in [1.29, 1.82) is 0 Å². The zero-order chi connectivity index (χ0) is 8.65. The van der Waals surface area contributed by atoms with Crippen LogP contribution < -0.4 is 5.73 Å². The van der Waals surface area contributed by atoms with Crippen molar-refractivity contribution >= 4 is 12.6 Å². The van der Waals surface area contributed by atoms with Crippen LogP contribution in [-0.2, 0) is 4.74 Å². The molecule has 0 aromatic heterocycles. The van der Waals surface area contributed by atoms with Gasteiger partial charge in [-0.15, -0.1) is 12.6 Å². The van der Waals surface area contributed by atoms with Gasteiger partial charge in [0.1, 0.15) is 0 Å². The standard InChI is InChI=1S/C6H13NO3S/c1-3-5(8)4(7)2-6(9,11)10-3/h3-5,8-9,11H,2,7H2,1H3/t3-,4-,5+,6?/m0/s1. The second kappa shape index (κ2) is 2.91. The van der Waals surface area contributed by atoms with Crippen LogP contribution in [0.25, 0.3) is 0 Å². The SMILES string of the molecule is C[C@@H]1OC(O)(S)C[C@H](N)[C@@H]1O. The summed E-state index contributed by atoms with van der Waals surface area (Å²) in [5.41, 5.74) is 5.51. The third kappa shape index (κ3) is 2.07. The predicted molar refractivity (Wildman–Crippen MR) is 43.1 cm³/mol. The molecule has 1 fully saturated rings. The van der Waals surface area contributed by atoms with E-state index in [1.165, 1.54) is 0 Å². The Kier molecular flexibility index (Phi) is 2.46. The van der Waals surface area contributed by atoms with Gasteiger partial charge in [0.25, 0.3) is 0 Å². The van der Waals surface area contributed by atoms with E-state index in [0.29, 0.717) is 0 Å². The minimum absolute atomic E-state index is 0.140. The molecule has 4 N–H and O–H groups in total. The van der Waals surface area contributed by atoms with Gasteiger partial charge >= 0.3 is 0 Å². The number of nitrogens with two attached hydrogens (primary N) is 1. The van der Waals surface area contributed by atoms with Crippen LogP contribution in [0.15, 0.2) is 0 Å². The van der Waals surface area contributed by atoms with Gasteiger partial charge in [0, 0.05) is 12.5 Å². The Bertz CT molecular complexity index is 139. The van der Waals surface area contributed by atoms with Crippen molar-refractivity contribution in [2.75, 3.05) is 0 Å². The minimum atomic E-state index is -1.49. The van der Waals surface area contributed by atoms with Gasteiger partial charge in [-0.25, -0.2) is 0 Å². The summed E-state index contributed by atoms with van der Waals surface area (Å²) in [4.78, 5) is 0. The molecule has 5 heteroatoms. The fraction of sp³-hybridized carbons (Fsp3) is 1.00. The van der Waals surface area contributed by atoms with Crippen molar-refractivity contribution in [3.63, 3.8) is 0 Å². The molecule has 0 aromatic rings. The number of aliphatic hydroxyl groups is 2.